The molecule has 0 saturated carbocycles. The van der Waals surface area contributed by atoms with Gasteiger partial charge in [-0.05, 0) is 18.9 Å². The highest BCUT2D eigenvalue weighted by atomic mass is 32.1. The van der Waals surface area contributed by atoms with Crippen LogP contribution in [0.3, 0.4) is 0 Å². The molecule has 1 aromatic rings. The van der Waals surface area contributed by atoms with E-state index >= 15 is 0 Å². The summed E-state index contributed by atoms with van der Waals surface area (Å²) in [7, 11) is 1.91. The predicted octanol–water partition coefficient (Wildman–Crippen LogP) is 1.86. The van der Waals surface area contributed by atoms with Crippen molar-refractivity contribution in [2.75, 3.05) is 18.9 Å². The summed E-state index contributed by atoms with van der Waals surface area (Å²) in [6.45, 7) is 3.40. The molecule has 0 aromatic carbocycles. The standard InChI is InChI=1S/C9H15N3S/c1-6-3-7(11-4-6)8-5-13-9(10-2)12-8/h5-7,11H,3-4H2,1-2H3,(H,10,12)/t6-,7-/m1/s1. The third-order valence-electron chi connectivity index (χ3n) is 2.44. The molecule has 0 radical (unpaired) electrons. The van der Waals surface area contributed by atoms with Gasteiger partial charge in [-0.1, -0.05) is 6.92 Å². The first kappa shape index (κ1) is 8.97. The van der Waals surface area contributed by atoms with Crippen molar-refractivity contribution in [3.63, 3.8) is 0 Å². The highest BCUT2D eigenvalue weighted by Crippen LogP contribution is 2.28. The van der Waals surface area contributed by atoms with Crippen LogP contribution >= 0.6 is 11.3 Å². The summed E-state index contributed by atoms with van der Waals surface area (Å²) in [5, 5.41) is 9.69. The van der Waals surface area contributed by atoms with Gasteiger partial charge in [-0.3, -0.25) is 0 Å². The van der Waals surface area contributed by atoms with Crippen LogP contribution < -0.4 is 10.6 Å². The number of hydrogen-bond donors (Lipinski definition) is 2. The van der Waals surface area contributed by atoms with Crippen LogP contribution in [0.5, 0.6) is 0 Å². The maximum absolute atomic E-state index is 4.49. The highest BCUT2D eigenvalue weighted by Gasteiger charge is 2.23. The lowest BCUT2D eigenvalue weighted by molar-refractivity contribution is 0.602. The van der Waals surface area contributed by atoms with Crippen LogP contribution in [0.4, 0.5) is 5.13 Å². The number of hydrogen-bond acceptors (Lipinski definition) is 4. The molecule has 1 saturated heterocycles. The minimum atomic E-state index is 0.480. The maximum atomic E-state index is 4.49. The van der Waals surface area contributed by atoms with Crippen LogP contribution in [0.15, 0.2) is 5.38 Å². The minimum Gasteiger partial charge on any atom is -0.365 e. The van der Waals surface area contributed by atoms with Gasteiger partial charge in [-0.2, -0.15) is 0 Å². The fourth-order valence-corrected chi connectivity index (χ4v) is 2.42. The normalized spacial score (nSPS) is 27.8. The Morgan fingerprint density at radius 1 is 1.69 bits per heavy atom. The van der Waals surface area contributed by atoms with Crippen molar-refractivity contribution in [3.8, 4) is 0 Å². The number of anilines is 1. The van der Waals surface area contributed by atoms with Crippen molar-refractivity contribution in [1.82, 2.24) is 10.3 Å². The molecule has 1 fully saturated rings. The van der Waals surface area contributed by atoms with E-state index in [0.29, 0.717) is 6.04 Å². The summed E-state index contributed by atoms with van der Waals surface area (Å²) >= 11 is 1.68. The van der Waals surface area contributed by atoms with E-state index in [1.807, 2.05) is 7.05 Å². The Balaban J connectivity index is 2.08. The van der Waals surface area contributed by atoms with Crippen molar-refractivity contribution in [2.45, 2.75) is 19.4 Å². The van der Waals surface area contributed by atoms with Crippen molar-refractivity contribution in [1.29, 1.82) is 0 Å². The van der Waals surface area contributed by atoms with Crippen molar-refractivity contribution >= 4 is 16.5 Å². The fourth-order valence-electron chi connectivity index (χ4n) is 1.70. The third kappa shape index (κ3) is 1.84. The molecule has 2 rings (SSSR count). The smallest absolute Gasteiger partial charge is 0.182 e. The second-order valence-corrected chi connectivity index (χ2v) is 4.49. The van der Waals surface area contributed by atoms with Crippen LogP contribution in [0.2, 0.25) is 0 Å². The molecule has 1 aliphatic rings. The number of thiazole rings is 1. The van der Waals surface area contributed by atoms with Gasteiger partial charge in [-0.15, -0.1) is 11.3 Å². The molecule has 2 heterocycles. The second kappa shape index (κ2) is 3.64. The quantitative estimate of drug-likeness (QED) is 0.760. The lowest BCUT2D eigenvalue weighted by atomic mass is 10.1. The Bertz CT molecular complexity index is 284. The van der Waals surface area contributed by atoms with Crippen LogP contribution in [0, 0.1) is 5.92 Å². The van der Waals surface area contributed by atoms with Crippen LogP contribution in [0.1, 0.15) is 25.1 Å². The molecule has 2 N–H and O–H groups in total. The van der Waals surface area contributed by atoms with Gasteiger partial charge >= 0.3 is 0 Å². The largest absolute Gasteiger partial charge is 0.365 e. The summed E-state index contributed by atoms with van der Waals surface area (Å²) in [6, 6.07) is 0.480. The summed E-state index contributed by atoms with van der Waals surface area (Å²) in [6.07, 6.45) is 1.22. The van der Waals surface area contributed by atoms with Crippen molar-refractivity contribution in [3.05, 3.63) is 11.1 Å². The van der Waals surface area contributed by atoms with Gasteiger partial charge in [0.1, 0.15) is 0 Å². The molecule has 3 nitrogen and oxygen atoms in total. The van der Waals surface area contributed by atoms with Crippen LogP contribution in [-0.4, -0.2) is 18.6 Å². The van der Waals surface area contributed by atoms with Gasteiger partial charge < -0.3 is 10.6 Å². The lowest BCUT2D eigenvalue weighted by Gasteiger charge is -2.05. The topological polar surface area (TPSA) is 37.0 Å². The molecule has 4 heteroatoms. The third-order valence-corrected chi connectivity index (χ3v) is 3.32. The van der Waals surface area contributed by atoms with E-state index in [9.17, 15) is 0 Å². The van der Waals surface area contributed by atoms with E-state index in [1.54, 1.807) is 11.3 Å². The fraction of sp³-hybridized carbons (Fsp3) is 0.667. The Kier molecular flexibility index (Phi) is 2.51. The van der Waals surface area contributed by atoms with Crippen LogP contribution in [-0.2, 0) is 0 Å². The monoisotopic (exact) mass is 197 g/mol. The summed E-state index contributed by atoms with van der Waals surface area (Å²) in [5.74, 6) is 0.782. The molecular formula is C9H15N3S. The molecular weight excluding hydrogens is 182 g/mol. The molecule has 0 aliphatic carbocycles. The zero-order valence-corrected chi connectivity index (χ0v) is 8.82. The van der Waals surface area contributed by atoms with Crippen molar-refractivity contribution < 1.29 is 0 Å². The molecule has 0 amide bonds. The number of rotatable bonds is 2. The summed E-state index contributed by atoms with van der Waals surface area (Å²) in [5.41, 5.74) is 1.19. The Morgan fingerprint density at radius 3 is 3.08 bits per heavy atom. The molecule has 0 unspecified atom stereocenters. The lowest BCUT2D eigenvalue weighted by Crippen LogP contribution is -2.13. The van der Waals surface area contributed by atoms with Crippen molar-refractivity contribution in [2.24, 2.45) is 5.92 Å². The maximum Gasteiger partial charge on any atom is 0.182 e. The molecule has 1 aromatic heterocycles. The van der Waals surface area contributed by atoms with Gasteiger partial charge in [0.05, 0.1) is 11.7 Å². The zero-order valence-electron chi connectivity index (χ0n) is 8.00. The predicted molar refractivity (Wildman–Crippen MR) is 56.2 cm³/mol. The summed E-state index contributed by atoms with van der Waals surface area (Å²) < 4.78 is 0. The Hall–Kier alpha value is -0.610. The van der Waals surface area contributed by atoms with E-state index < -0.39 is 0 Å². The number of nitrogens with one attached hydrogen (secondary N) is 2. The van der Waals surface area contributed by atoms with Gasteiger partial charge in [0.15, 0.2) is 5.13 Å². The first-order chi connectivity index (χ1) is 6.29. The molecule has 13 heavy (non-hydrogen) atoms. The highest BCUT2D eigenvalue weighted by molar-refractivity contribution is 7.13. The van der Waals surface area contributed by atoms with Gasteiger partial charge in [0.25, 0.3) is 0 Å². The van der Waals surface area contributed by atoms with Gasteiger partial charge in [0.2, 0.25) is 0 Å². The van der Waals surface area contributed by atoms with E-state index in [2.05, 4.69) is 27.9 Å². The Morgan fingerprint density at radius 2 is 2.54 bits per heavy atom. The van der Waals surface area contributed by atoms with Crippen LogP contribution in [0.25, 0.3) is 0 Å². The molecule has 0 spiro atoms. The second-order valence-electron chi connectivity index (χ2n) is 3.63. The Labute approximate surface area is 82.6 Å². The number of aromatic nitrogens is 1. The van der Waals surface area contributed by atoms with E-state index in [-0.39, 0.29) is 0 Å². The average Bonchev–Trinajstić information content (AvgIpc) is 2.71. The SMILES string of the molecule is CNc1nc([C@H]2C[C@@H](C)CN2)cs1. The summed E-state index contributed by atoms with van der Waals surface area (Å²) in [4.78, 5) is 4.49. The van der Waals surface area contributed by atoms with Gasteiger partial charge in [0, 0.05) is 12.4 Å². The van der Waals surface area contributed by atoms with E-state index in [1.165, 1.54) is 12.1 Å². The van der Waals surface area contributed by atoms with Gasteiger partial charge in [-0.25, -0.2) is 4.98 Å². The molecule has 0 bridgehead atoms. The first-order valence-corrected chi connectivity index (χ1v) is 5.54. The average molecular weight is 197 g/mol. The van der Waals surface area contributed by atoms with E-state index in [0.717, 1.165) is 17.6 Å². The molecule has 2 atom stereocenters. The first-order valence-electron chi connectivity index (χ1n) is 4.66. The van der Waals surface area contributed by atoms with E-state index in [4.69, 9.17) is 0 Å². The minimum absolute atomic E-state index is 0.480. The molecule has 72 valence electrons. The number of nitrogens with zero attached hydrogens (tertiary/aromatic N) is 1. The zero-order chi connectivity index (χ0) is 9.26. The molecule has 1 aliphatic heterocycles.